The first kappa shape index (κ1) is 19.3. The molecular weight excluding hydrogens is 339 g/mol. The van der Waals surface area contributed by atoms with Crippen molar-refractivity contribution >= 4 is 36.2 Å². The Bertz CT molecular complexity index is 504. The molecule has 1 fully saturated rings. The molecule has 3 heterocycles. The van der Waals surface area contributed by atoms with Gasteiger partial charge in [-0.1, -0.05) is 6.07 Å². The van der Waals surface area contributed by atoms with Gasteiger partial charge in [0, 0.05) is 37.4 Å². The van der Waals surface area contributed by atoms with Gasteiger partial charge in [-0.15, -0.1) is 36.2 Å². The van der Waals surface area contributed by atoms with Crippen LogP contribution in [-0.2, 0) is 13.1 Å². The second-order valence-corrected chi connectivity index (χ2v) is 6.09. The van der Waals surface area contributed by atoms with Crippen molar-refractivity contribution in [1.29, 1.82) is 0 Å². The zero-order valence-electron chi connectivity index (χ0n) is 12.4. The minimum atomic E-state index is 0. The summed E-state index contributed by atoms with van der Waals surface area (Å²) >= 11 is 1.67. The van der Waals surface area contributed by atoms with Gasteiger partial charge in [-0.25, -0.2) is 4.98 Å². The molecule has 0 spiro atoms. The smallest absolute Gasteiger partial charge is 0.0795 e. The van der Waals surface area contributed by atoms with E-state index in [1.54, 1.807) is 11.3 Å². The summed E-state index contributed by atoms with van der Waals surface area (Å²) in [6.07, 6.45) is 5.07. The van der Waals surface area contributed by atoms with E-state index >= 15 is 0 Å². The number of thiazole rings is 1. The zero-order valence-corrected chi connectivity index (χ0v) is 14.8. The second-order valence-electron chi connectivity index (χ2n) is 5.37. The van der Waals surface area contributed by atoms with Crippen LogP contribution in [-0.4, -0.2) is 34.5 Å². The zero-order chi connectivity index (χ0) is 13.6. The molecule has 0 aliphatic carbocycles. The highest BCUT2D eigenvalue weighted by molar-refractivity contribution is 7.07. The Labute approximate surface area is 148 Å². The highest BCUT2D eigenvalue weighted by Gasteiger charge is 2.19. The molecular formula is C15H22Cl2N4S. The Morgan fingerprint density at radius 1 is 1.32 bits per heavy atom. The molecule has 22 heavy (non-hydrogen) atoms. The van der Waals surface area contributed by atoms with Gasteiger partial charge in [0.25, 0.3) is 0 Å². The van der Waals surface area contributed by atoms with Crippen molar-refractivity contribution < 1.29 is 0 Å². The lowest BCUT2D eigenvalue weighted by Gasteiger charge is -2.24. The molecule has 1 N–H and O–H groups in total. The maximum Gasteiger partial charge on any atom is 0.0795 e. The lowest BCUT2D eigenvalue weighted by atomic mass is 10.1. The van der Waals surface area contributed by atoms with Gasteiger partial charge < -0.3 is 5.32 Å². The molecule has 7 heteroatoms. The summed E-state index contributed by atoms with van der Waals surface area (Å²) < 4.78 is 0. The molecule has 3 rings (SSSR count). The molecule has 0 radical (unpaired) electrons. The van der Waals surface area contributed by atoms with E-state index in [4.69, 9.17) is 0 Å². The van der Waals surface area contributed by atoms with Crippen molar-refractivity contribution in [1.82, 2.24) is 20.2 Å². The van der Waals surface area contributed by atoms with Gasteiger partial charge in [-0.3, -0.25) is 9.88 Å². The number of nitrogens with zero attached hydrogens (tertiary/aromatic N) is 3. The lowest BCUT2D eigenvalue weighted by Crippen LogP contribution is -2.30. The van der Waals surface area contributed by atoms with E-state index in [0.29, 0.717) is 0 Å². The molecule has 4 nitrogen and oxygen atoms in total. The standard InChI is InChI=1S/C15H20N4S.2ClH/c1-2-13(6-16-4-1)8-19(9-14-3-5-17-7-14)10-15-11-20-12-18-15;;/h1-2,4,6,11-12,14,17H,3,5,7-10H2;2*1H. The fourth-order valence-corrected chi connectivity index (χ4v) is 3.26. The molecule has 1 saturated heterocycles. The summed E-state index contributed by atoms with van der Waals surface area (Å²) in [5.41, 5.74) is 4.35. The molecule has 1 aliphatic heterocycles. The van der Waals surface area contributed by atoms with Crippen LogP contribution in [0.2, 0.25) is 0 Å². The predicted molar refractivity (Wildman–Crippen MR) is 95.9 cm³/mol. The van der Waals surface area contributed by atoms with Crippen molar-refractivity contribution in [2.75, 3.05) is 19.6 Å². The Morgan fingerprint density at radius 3 is 2.86 bits per heavy atom. The minimum absolute atomic E-state index is 0. The highest BCUT2D eigenvalue weighted by Crippen LogP contribution is 2.15. The topological polar surface area (TPSA) is 41.1 Å². The molecule has 2 aromatic rings. The van der Waals surface area contributed by atoms with E-state index in [0.717, 1.165) is 38.6 Å². The summed E-state index contributed by atoms with van der Waals surface area (Å²) in [5.74, 6) is 0.755. The predicted octanol–water partition coefficient (Wildman–Crippen LogP) is 2.99. The minimum Gasteiger partial charge on any atom is -0.316 e. The molecule has 122 valence electrons. The summed E-state index contributed by atoms with van der Waals surface area (Å²) in [5, 5.41) is 5.59. The van der Waals surface area contributed by atoms with Crippen LogP contribution in [0.1, 0.15) is 17.7 Å². The summed E-state index contributed by atoms with van der Waals surface area (Å²) in [7, 11) is 0. The van der Waals surface area contributed by atoms with Gasteiger partial charge in [0.05, 0.1) is 11.2 Å². The average Bonchev–Trinajstić information content (AvgIpc) is 3.13. The first-order valence-electron chi connectivity index (χ1n) is 7.09. The van der Waals surface area contributed by atoms with Crippen LogP contribution in [0.15, 0.2) is 35.4 Å². The molecule has 0 saturated carbocycles. The fourth-order valence-electron chi connectivity index (χ4n) is 2.71. The Balaban J connectivity index is 0.00000121. The Morgan fingerprint density at radius 2 is 2.23 bits per heavy atom. The van der Waals surface area contributed by atoms with E-state index in [1.807, 2.05) is 24.0 Å². The molecule has 0 bridgehead atoms. The van der Waals surface area contributed by atoms with Crippen molar-refractivity contribution in [3.8, 4) is 0 Å². The third-order valence-corrected chi connectivity index (χ3v) is 4.31. The van der Waals surface area contributed by atoms with Gasteiger partial charge in [0.2, 0.25) is 0 Å². The van der Waals surface area contributed by atoms with Crippen molar-refractivity contribution in [2.24, 2.45) is 5.92 Å². The molecule has 0 amide bonds. The van der Waals surface area contributed by atoms with Crippen molar-refractivity contribution in [3.63, 3.8) is 0 Å². The van der Waals surface area contributed by atoms with E-state index in [9.17, 15) is 0 Å². The number of rotatable bonds is 6. The van der Waals surface area contributed by atoms with Gasteiger partial charge in [-0.2, -0.15) is 0 Å². The van der Waals surface area contributed by atoms with Crippen LogP contribution >= 0.6 is 36.2 Å². The molecule has 2 aromatic heterocycles. The number of halogens is 2. The summed E-state index contributed by atoms with van der Waals surface area (Å²) in [6, 6.07) is 4.15. The summed E-state index contributed by atoms with van der Waals surface area (Å²) in [6.45, 7) is 5.29. The van der Waals surface area contributed by atoms with E-state index in [1.165, 1.54) is 17.7 Å². The third-order valence-electron chi connectivity index (χ3n) is 3.68. The summed E-state index contributed by atoms with van der Waals surface area (Å²) in [4.78, 5) is 11.1. The molecule has 1 aliphatic rings. The maximum atomic E-state index is 4.42. The number of hydrogen-bond acceptors (Lipinski definition) is 5. The Kier molecular flexibility index (Phi) is 8.90. The van der Waals surface area contributed by atoms with Crippen molar-refractivity contribution in [3.05, 3.63) is 46.7 Å². The van der Waals surface area contributed by atoms with E-state index in [-0.39, 0.29) is 24.8 Å². The molecule has 0 aromatic carbocycles. The normalized spacial score (nSPS) is 17.0. The Hall–Kier alpha value is -0.720. The monoisotopic (exact) mass is 360 g/mol. The van der Waals surface area contributed by atoms with Gasteiger partial charge in [0.15, 0.2) is 0 Å². The van der Waals surface area contributed by atoms with E-state index < -0.39 is 0 Å². The van der Waals surface area contributed by atoms with Crippen LogP contribution in [0.3, 0.4) is 0 Å². The number of nitrogens with one attached hydrogen (secondary N) is 1. The first-order chi connectivity index (χ1) is 9.90. The van der Waals surface area contributed by atoms with Crippen molar-refractivity contribution in [2.45, 2.75) is 19.5 Å². The SMILES string of the molecule is Cl.Cl.c1cncc(CN(Cc2cscn2)CC2CCNC2)c1. The van der Waals surface area contributed by atoms with Crippen LogP contribution < -0.4 is 5.32 Å². The van der Waals surface area contributed by atoms with Gasteiger partial charge in [-0.05, 0) is 37.1 Å². The number of aromatic nitrogens is 2. The quantitative estimate of drug-likeness (QED) is 0.859. The lowest BCUT2D eigenvalue weighted by molar-refractivity contribution is 0.218. The van der Waals surface area contributed by atoms with E-state index in [2.05, 4.69) is 31.6 Å². The average molecular weight is 361 g/mol. The first-order valence-corrected chi connectivity index (χ1v) is 8.03. The number of hydrogen-bond donors (Lipinski definition) is 1. The largest absolute Gasteiger partial charge is 0.316 e. The maximum absolute atomic E-state index is 4.42. The van der Waals surface area contributed by atoms with Crippen LogP contribution in [0.4, 0.5) is 0 Å². The fraction of sp³-hybridized carbons (Fsp3) is 0.467. The van der Waals surface area contributed by atoms with Crippen LogP contribution in [0, 0.1) is 5.92 Å². The van der Waals surface area contributed by atoms with Crippen LogP contribution in [0.25, 0.3) is 0 Å². The van der Waals surface area contributed by atoms with Crippen LogP contribution in [0.5, 0.6) is 0 Å². The van der Waals surface area contributed by atoms with Gasteiger partial charge >= 0.3 is 0 Å². The number of pyridine rings is 1. The molecule has 1 atom stereocenters. The third kappa shape index (κ3) is 5.82. The second kappa shape index (κ2) is 10.1. The highest BCUT2D eigenvalue weighted by atomic mass is 35.5. The van der Waals surface area contributed by atoms with Gasteiger partial charge in [0.1, 0.15) is 0 Å². The molecule has 1 unspecified atom stereocenters.